The highest BCUT2D eigenvalue weighted by atomic mass is 32.2. The van der Waals surface area contributed by atoms with E-state index in [4.69, 9.17) is 0 Å². The summed E-state index contributed by atoms with van der Waals surface area (Å²) in [6.45, 7) is 0. The molecule has 1 N–H and O–H groups in total. The Kier molecular flexibility index (Phi) is 4.58. The minimum Gasteiger partial charge on any atom is -0.545 e. The number of thiazole rings is 1. The number of hydrogen-bond donors (Lipinski definition) is 1. The zero-order chi connectivity index (χ0) is 19.7. The lowest BCUT2D eigenvalue weighted by molar-refractivity contribution is -0.255. The summed E-state index contributed by atoms with van der Waals surface area (Å²) in [5.41, 5.74) is 1.96. The van der Waals surface area contributed by atoms with Crippen LogP contribution in [0.4, 0.5) is 5.69 Å². The first-order valence-electron chi connectivity index (χ1n) is 8.23. The number of carboxylic acids is 1. The molecule has 8 heteroatoms. The quantitative estimate of drug-likeness (QED) is 0.546. The van der Waals surface area contributed by atoms with E-state index in [2.05, 4.69) is 9.71 Å². The molecule has 0 unspecified atom stereocenters. The van der Waals surface area contributed by atoms with Gasteiger partial charge >= 0.3 is 0 Å². The van der Waals surface area contributed by atoms with Gasteiger partial charge in [0.2, 0.25) is 0 Å². The summed E-state index contributed by atoms with van der Waals surface area (Å²) in [6.07, 6.45) is 0. The van der Waals surface area contributed by atoms with Gasteiger partial charge in [-0.3, -0.25) is 4.72 Å². The van der Waals surface area contributed by atoms with Crippen LogP contribution in [0, 0.1) is 0 Å². The van der Waals surface area contributed by atoms with E-state index in [0.717, 1.165) is 26.9 Å². The fourth-order valence-electron chi connectivity index (χ4n) is 2.68. The smallest absolute Gasteiger partial charge is 0.261 e. The Morgan fingerprint density at radius 1 is 0.964 bits per heavy atom. The van der Waals surface area contributed by atoms with Crippen LogP contribution in [0.1, 0.15) is 10.4 Å². The second-order valence-electron chi connectivity index (χ2n) is 5.98. The number of para-hydroxylation sites is 1. The number of sulfonamides is 1. The summed E-state index contributed by atoms with van der Waals surface area (Å²) in [5, 5.41) is 11.8. The number of carbonyl (C=O) groups is 1. The van der Waals surface area contributed by atoms with Crippen LogP contribution >= 0.6 is 11.3 Å². The fraction of sp³-hybridized carbons (Fsp3) is 0. The lowest BCUT2D eigenvalue weighted by Crippen LogP contribution is -2.23. The summed E-state index contributed by atoms with van der Waals surface area (Å²) in [6, 6.07) is 19.7. The van der Waals surface area contributed by atoms with Gasteiger partial charge in [-0.05, 0) is 54.1 Å². The molecule has 0 bridgehead atoms. The molecule has 4 aromatic rings. The van der Waals surface area contributed by atoms with Gasteiger partial charge in [-0.25, -0.2) is 13.4 Å². The molecule has 0 spiro atoms. The van der Waals surface area contributed by atoms with Crippen molar-refractivity contribution in [2.45, 2.75) is 4.90 Å². The van der Waals surface area contributed by atoms with Gasteiger partial charge in [-0.2, -0.15) is 0 Å². The predicted molar refractivity (Wildman–Crippen MR) is 107 cm³/mol. The molecule has 1 aromatic heterocycles. The van der Waals surface area contributed by atoms with Crippen LogP contribution in [-0.4, -0.2) is 19.4 Å². The van der Waals surface area contributed by atoms with E-state index in [-0.39, 0.29) is 10.5 Å². The number of nitrogens with one attached hydrogen (secondary N) is 1. The second-order valence-corrected chi connectivity index (χ2v) is 8.70. The highest BCUT2D eigenvalue weighted by Crippen LogP contribution is 2.30. The number of anilines is 1. The van der Waals surface area contributed by atoms with E-state index < -0.39 is 16.0 Å². The summed E-state index contributed by atoms with van der Waals surface area (Å²) >= 11 is 1.56. The van der Waals surface area contributed by atoms with E-state index in [0.29, 0.717) is 5.69 Å². The molecule has 6 nitrogen and oxygen atoms in total. The SMILES string of the molecule is O=C([O-])c1cccc(S(=O)(=O)Nc2ccc(-c3nc4ccccc4s3)cc2)c1. The van der Waals surface area contributed by atoms with Crippen molar-refractivity contribution in [3.05, 3.63) is 78.4 Å². The molecule has 1 heterocycles. The molecule has 0 saturated carbocycles. The van der Waals surface area contributed by atoms with Crippen molar-refractivity contribution in [3.63, 3.8) is 0 Å². The van der Waals surface area contributed by atoms with Gasteiger partial charge in [0, 0.05) is 11.3 Å². The fourth-order valence-corrected chi connectivity index (χ4v) is 4.76. The zero-order valence-corrected chi connectivity index (χ0v) is 16.0. The lowest BCUT2D eigenvalue weighted by Gasteiger charge is -2.10. The maximum Gasteiger partial charge on any atom is 0.261 e. The standard InChI is InChI=1S/C20H14N2O4S2/c23-20(24)14-4-3-5-16(12-14)28(25,26)22-15-10-8-13(9-11-15)19-21-17-6-1-2-7-18(17)27-19/h1-12,22H,(H,23,24)/p-1. The first-order chi connectivity index (χ1) is 13.4. The molecular weight excluding hydrogens is 396 g/mol. The molecule has 28 heavy (non-hydrogen) atoms. The summed E-state index contributed by atoms with van der Waals surface area (Å²) in [5.74, 6) is -1.43. The number of carboxylic acid groups (broad SMARTS) is 1. The molecule has 140 valence electrons. The van der Waals surface area contributed by atoms with Crippen molar-refractivity contribution in [3.8, 4) is 10.6 Å². The molecule has 0 radical (unpaired) electrons. The first kappa shape index (κ1) is 18.1. The van der Waals surface area contributed by atoms with Gasteiger partial charge in [0.1, 0.15) is 5.01 Å². The van der Waals surface area contributed by atoms with Gasteiger partial charge in [0.05, 0.1) is 21.1 Å². The predicted octanol–water partition coefficient (Wildman–Crippen LogP) is 3.13. The van der Waals surface area contributed by atoms with Crippen molar-refractivity contribution in [1.29, 1.82) is 0 Å². The number of aromatic carboxylic acids is 1. The summed E-state index contributed by atoms with van der Waals surface area (Å²) in [4.78, 5) is 15.4. The van der Waals surface area contributed by atoms with Crippen LogP contribution in [-0.2, 0) is 10.0 Å². The van der Waals surface area contributed by atoms with E-state index in [9.17, 15) is 18.3 Å². The maximum absolute atomic E-state index is 12.5. The van der Waals surface area contributed by atoms with Crippen LogP contribution in [0.2, 0.25) is 0 Å². The largest absolute Gasteiger partial charge is 0.545 e. The molecule has 0 aliphatic carbocycles. The molecule has 4 rings (SSSR count). The van der Waals surface area contributed by atoms with Gasteiger partial charge < -0.3 is 9.90 Å². The average molecular weight is 409 g/mol. The first-order valence-corrected chi connectivity index (χ1v) is 10.5. The molecule has 0 saturated heterocycles. The molecular formula is C20H13N2O4S2-. The van der Waals surface area contributed by atoms with E-state index in [1.165, 1.54) is 18.2 Å². The Morgan fingerprint density at radius 2 is 1.71 bits per heavy atom. The molecule has 0 aliphatic heterocycles. The minimum absolute atomic E-state index is 0.149. The Bertz CT molecular complexity index is 1250. The van der Waals surface area contributed by atoms with Crippen molar-refractivity contribution >= 4 is 43.2 Å². The Hall–Kier alpha value is -3.23. The third-order valence-corrected chi connectivity index (χ3v) is 6.52. The van der Waals surface area contributed by atoms with Crippen LogP contribution in [0.5, 0.6) is 0 Å². The van der Waals surface area contributed by atoms with Crippen molar-refractivity contribution in [2.75, 3.05) is 4.72 Å². The topological polar surface area (TPSA) is 99.2 Å². The second kappa shape index (κ2) is 7.06. The summed E-state index contributed by atoms with van der Waals surface area (Å²) in [7, 11) is -3.92. The van der Waals surface area contributed by atoms with Gasteiger partial charge in [0.25, 0.3) is 10.0 Å². The molecule has 3 aromatic carbocycles. The Labute approximate surface area is 165 Å². The number of aromatic nitrogens is 1. The molecule has 0 atom stereocenters. The highest BCUT2D eigenvalue weighted by molar-refractivity contribution is 7.92. The third kappa shape index (κ3) is 3.60. The number of fused-ring (bicyclic) bond motifs is 1. The minimum atomic E-state index is -3.92. The van der Waals surface area contributed by atoms with Crippen LogP contribution in [0.15, 0.2) is 77.7 Å². The number of rotatable bonds is 5. The number of benzene rings is 3. The van der Waals surface area contributed by atoms with Crippen molar-refractivity contribution in [2.24, 2.45) is 0 Å². The summed E-state index contributed by atoms with van der Waals surface area (Å²) < 4.78 is 28.6. The van der Waals surface area contributed by atoms with E-state index in [1.807, 2.05) is 24.3 Å². The number of nitrogens with zero attached hydrogens (tertiary/aromatic N) is 1. The van der Waals surface area contributed by atoms with Crippen LogP contribution in [0.25, 0.3) is 20.8 Å². The number of carbonyl (C=O) groups excluding carboxylic acids is 1. The van der Waals surface area contributed by atoms with E-state index >= 15 is 0 Å². The average Bonchev–Trinajstić information content (AvgIpc) is 3.12. The molecule has 0 amide bonds. The maximum atomic E-state index is 12.5. The lowest BCUT2D eigenvalue weighted by atomic mass is 10.2. The monoisotopic (exact) mass is 409 g/mol. The third-order valence-electron chi connectivity index (χ3n) is 4.06. The van der Waals surface area contributed by atoms with Crippen molar-refractivity contribution in [1.82, 2.24) is 4.98 Å². The zero-order valence-electron chi connectivity index (χ0n) is 14.3. The van der Waals surface area contributed by atoms with Crippen LogP contribution in [0.3, 0.4) is 0 Å². The Balaban J connectivity index is 1.58. The molecule has 0 aliphatic rings. The normalized spacial score (nSPS) is 11.4. The van der Waals surface area contributed by atoms with Gasteiger partial charge in [-0.15, -0.1) is 11.3 Å². The van der Waals surface area contributed by atoms with Crippen molar-refractivity contribution < 1.29 is 18.3 Å². The molecule has 0 fully saturated rings. The number of hydrogen-bond acceptors (Lipinski definition) is 6. The highest BCUT2D eigenvalue weighted by Gasteiger charge is 2.15. The van der Waals surface area contributed by atoms with Gasteiger partial charge in [-0.1, -0.05) is 24.3 Å². The van der Waals surface area contributed by atoms with Crippen LogP contribution < -0.4 is 9.83 Å². The van der Waals surface area contributed by atoms with E-state index in [1.54, 1.807) is 35.6 Å². The Morgan fingerprint density at radius 3 is 2.43 bits per heavy atom. The van der Waals surface area contributed by atoms with Gasteiger partial charge in [0.15, 0.2) is 0 Å².